The molecule has 2 aromatic carbocycles. The molecule has 0 fully saturated rings. The van der Waals surface area contributed by atoms with E-state index < -0.39 is 23.7 Å². The van der Waals surface area contributed by atoms with Gasteiger partial charge in [-0.1, -0.05) is 23.7 Å². The molecule has 26 heavy (non-hydrogen) atoms. The van der Waals surface area contributed by atoms with E-state index in [1.54, 1.807) is 24.3 Å². The molecule has 0 unspecified atom stereocenters. The first-order valence-electron chi connectivity index (χ1n) is 7.61. The summed E-state index contributed by atoms with van der Waals surface area (Å²) in [6.07, 6.45) is 0. The number of anilines is 1. The van der Waals surface area contributed by atoms with Crippen LogP contribution in [0.2, 0.25) is 5.02 Å². The van der Waals surface area contributed by atoms with Gasteiger partial charge in [0.2, 0.25) is 0 Å². The molecule has 0 aromatic heterocycles. The normalized spacial score (nSPS) is 19.7. The Hall–Kier alpha value is -2.64. The topological polar surface area (TPSA) is 75.8 Å². The number of carbonyl (C=O) groups excluding carboxylic acids is 2. The molecule has 2 aliphatic heterocycles. The molecule has 8 heteroatoms. The maximum Gasteiger partial charge on any atom is 0.272 e. The molecule has 2 aromatic rings. The van der Waals surface area contributed by atoms with Crippen molar-refractivity contribution in [2.24, 2.45) is 10.7 Å². The number of amidine groups is 1. The Bertz CT molecular complexity index is 987. The standard InChI is InChI=1S/C18H11ClFN3O2S/c19-10-3-7-12(8-4-10)23-16(24)13-14(9-1-5-11(20)6-2-9)22-18(21)26-15(13)17(23)25/h1-8,14H,(H2,21,22)/t14-/m0/s1. The highest BCUT2D eigenvalue weighted by Gasteiger charge is 2.45. The molecule has 0 bridgehead atoms. The molecule has 0 spiro atoms. The number of halogens is 2. The summed E-state index contributed by atoms with van der Waals surface area (Å²) < 4.78 is 13.2. The van der Waals surface area contributed by atoms with Crippen LogP contribution in [0, 0.1) is 5.82 Å². The highest BCUT2D eigenvalue weighted by Crippen LogP contribution is 2.44. The number of aliphatic imine (C=N–C) groups is 1. The zero-order chi connectivity index (χ0) is 18.4. The third kappa shape index (κ3) is 2.69. The zero-order valence-corrected chi connectivity index (χ0v) is 14.7. The summed E-state index contributed by atoms with van der Waals surface area (Å²) in [4.78, 5) is 31.5. The smallest absolute Gasteiger partial charge is 0.272 e. The molecular weight excluding hydrogens is 377 g/mol. The Morgan fingerprint density at radius 1 is 1.04 bits per heavy atom. The van der Waals surface area contributed by atoms with E-state index in [-0.39, 0.29) is 15.6 Å². The summed E-state index contributed by atoms with van der Waals surface area (Å²) in [5, 5.41) is 0.675. The summed E-state index contributed by atoms with van der Waals surface area (Å²) in [6.45, 7) is 0. The lowest BCUT2D eigenvalue weighted by Crippen LogP contribution is -2.31. The molecule has 2 heterocycles. The van der Waals surface area contributed by atoms with Gasteiger partial charge >= 0.3 is 0 Å². The maximum absolute atomic E-state index is 13.2. The van der Waals surface area contributed by atoms with Crippen molar-refractivity contribution in [2.45, 2.75) is 6.04 Å². The van der Waals surface area contributed by atoms with Crippen molar-refractivity contribution in [3.63, 3.8) is 0 Å². The second-order valence-corrected chi connectivity index (χ2v) is 7.16. The van der Waals surface area contributed by atoms with Crippen LogP contribution < -0.4 is 10.6 Å². The molecule has 2 aliphatic rings. The molecular formula is C18H11ClFN3O2S. The number of thioether (sulfide) groups is 1. The number of rotatable bonds is 2. The monoisotopic (exact) mass is 387 g/mol. The average molecular weight is 388 g/mol. The van der Waals surface area contributed by atoms with E-state index in [0.717, 1.165) is 16.7 Å². The van der Waals surface area contributed by atoms with Gasteiger partial charge in [0.15, 0.2) is 5.17 Å². The number of hydrogen-bond acceptors (Lipinski definition) is 5. The minimum atomic E-state index is -0.749. The summed E-state index contributed by atoms with van der Waals surface area (Å²) in [5.74, 6) is -1.32. The Balaban J connectivity index is 1.78. The molecule has 0 aliphatic carbocycles. The van der Waals surface area contributed by atoms with Gasteiger partial charge < -0.3 is 5.73 Å². The van der Waals surface area contributed by atoms with Crippen LogP contribution in [0.5, 0.6) is 0 Å². The van der Waals surface area contributed by atoms with E-state index in [1.165, 1.54) is 24.3 Å². The average Bonchev–Trinajstić information content (AvgIpc) is 2.87. The summed E-state index contributed by atoms with van der Waals surface area (Å²) in [6, 6.07) is 11.3. The third-order valence-electron chi connectivity index (χ3n) is 4.08. The number of imide groups is 1. The van der Waals surface area contributed by atoms with Crippen molar-refractivity contribution in [3.05, 3.63) is 75.4 Å². The minimum absolute atomic E-state index is 0.178. The van der Waals surface area contributed by atoms with Crippen molar-refractivity contribution in [1.82, 2.24) is 0 Å². The van der Waals surface area contributed by atoms with Gasteiger partial charge in [-0.2, -0.15) is 0 Å². The second kappa shape index (κ2) is 6.26. The molecule has 2 amide bonds. The SMILES string of the molecule is NC1=N[C@@H](c2ccc(F)cc2)C2=C(S1)C(=O)N(c1ccc(Cl)cc1)C2=O. The molecule has 2 N–H and O–H groups in total. The second-order valence-electron chi connectivity index (χ2n) is 5.69. The van der Waals surface area contributed by atoms with Gasteiger partial charge in [-0.15, -0.1) is 0 Å². The van der Waals surface area contributed by atoms with E-state index in [4.69, 9.17) is 17.3 Å². The molecule has 130 valence electrons. The number of nitrogens with zero attached hydrogens (tertiary/aromatic N) is 2. The third-order valence-corrected chi connectivity index (χ3v) is 5.25. The number of nitrogens with two attached hydrogens (primary N) is 1. The first-order valence-corrected chi connectivity index (χ1v) is 8.80. The molecule has 0 radical (unpaired) electrons. The van der Waals surface area contributed by atoms with Gasteiger partial charge in [-0.3, -0.25) is 9.59 Å². The maximum atomic E-state index is 13.2. The Labute approximate surface area is 157 Å². The number of carbonyl (C=O) groups is 2. The molecule has 0 saturated carbocycles. The van der Waals surface area contributed by atoms with Gasteiger partial charge in [0.1, 0.15) is 11.9 Å². The van der Waals surface area contributed by atoms with E-state index in [1.807, 2.05) is 0 Å². The van der Waals surface area contributed by atoms with Crippen LogP contribution in [-0.4, -0.2) is 17.0 Å². The number of amides is 2. The van der Waals surface area contributed by atoms with Crippen molar-refractivity contribution in [1.29, 1.82) is 0 Å². The number of hydrogen-bond donors (Lipinski definition) is 1. The van der Waals surface area contributed by atoms with Gasteiger partial charge in [-0.05, 0) is 53.7 Å². The fourth-order valence-electron chi connectivity index (χ4n) is 2.90. The summed E-state index contributed by atoms with van der Waals surface area (Å²) in [5.41, 5.74) is 7.11. The van der Waals surface area contributed by atoms with Gasteiger partial charge in [0.25, 0.3) is 11.8 Å². The van der Waals surface area contributed by atoms with E-state index in [9.17, 15) is 14.0 Å². The molecule has 4 rings (SSSR count). The van der Waals surface area contributed by atoms with Crippen LogP contribution in [0.4, 0.5) is 10.1 Å². The highest BCUT2D eigenvalue weighted by atomic mass is 35.5. The molecule has 5 nitrogen and oxygen atoms in total. The fraction of sp³-hybridized carbons (Fsp3) is 0.0556. The largest absolute Gasteiger partial charge is 0.378 e. The van der Waals surface area contributed by atoms with Gasteiger partial charge in [0, 0.05) is 5.02 Å². The van der Waals surface area contributed by atoms with E-state index >= 15 is 0 Å². The summed E-state index contributed by atoms with van der Waals surface area (Å²) in [7, 11) is 0. The Morgan fingerprint density at radius 2 is 1.69 bits per heavy atom. The van der Waals surface area contributed by atoms with E-state index in [2.05, 4.69) is 4.99 Å². The Kier molecular flexibility index (Phi) is 4.05. The first-order chi connectivity index (χ1) is 12.5. The van der Waals surface area contributed by atoms with Crippen LogP contribution in [0.25, 0.3) is 0 Å². The van der Waals surface area contributed by atoms with Crippen molar-refractivity contribution >= 4 is 46.0 Å². The zero-order valence-electron chi connectivity index (χ0n) is 13.1. The lowest BCUT2D eigenvalue weighted by atomic mass is 9.99. The highest BCUT2D eigenvalue weighted by molar-refractivity contribution is 8.18. The predicted octanol–water partition coefficient (Wildman–Crippen LogP) is 3.41. The first kappa shape index (κ1) is 16.8. The van der Waals surface area contributed by atoms with E-state index in [0.29, 0.717) is 16.3 Å². The molecule has 0 saturated heterocycles. The predicted molar refractivity (Wildman–Crippen MR) is 99.3 cm³/mol. The van der Waals surface area contributed by atoms with Crippen molar-refractivity contribution in [2.75, 3.05) is 4.90 Å². The quantitative estimate of drug-likeness (QED) is 0.801. The lowest BCUT2D eigenvalue weighted by Gasteiger charge is -2.19. The lowest BCUT2D eigenvalue weighted by molar-refractivity contribution is -0.120. The van der Waals surface area contributed by atoms with Crippen molar-refractivity contribution < 1.29 is 14.0 Å². The van der Waals surface area contributed by atoms with Crippen LogP contribution in [-0.2, 0) is 9.59 Å². The van der Waals surface area contributed by atoms with Gasteiger partial charge in [0.05, 0.1) is 16.2 Å². The van der Waals surface area contributed by atoms with Crippen LogP contribution in [0.15, 0.2) is 64.0 Å². The number of benzene rings is 2. The van der Waals surface area contributed by atoms with Crippen molar-refractivity contribution in [3.8, 4) is 0 Å². The van der Waals surface area contributed by atoms with Gasteiger partial charge in [-0.25, -0.2) is 14.3 Å². The van der Waals surface area contributed by atoms with Crippen LogP contribution >= 0.6 is 23.4 Å². The molecule has 1 atom stereocenters. The summed E-state index contributed by atoms with van der Waals surface area (Å²) >= 11 is 6.85. The Morgan fingerprint density at radius 3 is 2.35 bits per heavy atom. The minimum Gasteiger partial charge on any atom is -0.378 e. The fourth-order valence-corrected chi connectivity index (χ4v) is 3.88. The van der Waals surface area contributed by atoms with Crippen LogP contribution in [0.3, 0.4) is 0 Å². The van der Waals surface area contributed by atoms with Crippen LogP contribution in [0.1, 0.15) is 11.6 Å².